The van der Waals surface area contributed by atoms with Crippen LogP contribution in [0.15, 0.2) is 72.9 Å². The van der Waals surface area contributed by atoms with Crippen molar-refractivity contribution in [3.8, 4) is 0 Å². The van der Waals surface area contributed by atoms with E-state index in [4.69, 9.17) is 0 Å². The van der Waals surface area contributed by atoms with Gasteiger partial charge in [-0.05, 0) is 12.8 Å². The van der Waals surface area contributed by atoms with Gasteiger partial charge in [-0.3, -0.25) is 0 Å². The Morgan fingerprint density at radius 2 is 1.16 bits per heavy atom. The Hall–Kier alpha value is -2.09. The zero-order chi connectivity index (χ0) is 18.4. The van der Waals surface area contributed by atoms with Crippen LogP contribution in [0.2, 0.25) is 0 Å². The maximum atomic E-state index is 10.8. The molecule has 0 aromatic rings. The van der Waals surface area contributed by atoms with Crippen LogP contribution in [0.5, 0.6) is 0 Å². The molecule has 0 aromatic carbocycles. The predicted octanol–water partition coefficient (Wildman–Crippen LogP) is 6.64. The summed E-state index contributed by atoms with van der Waals surface area (Å²) < 4.78 is 4.49. The average molecular weight is 343 g/mol. The van der Waals surface area contributed by atoms with E-state index >= 15 is 0 Å². The molecule has 0 rings (SSSR count). The Bertz CT molecular complexity index is 476. The summed E-state index contributed by atoms with van der Waals surface area (Å²) in [6.45, 7) is 2.26. The molecule has 0 aliphatic heterocycles. The number of carbonyl (C=O) groups is 1. The molecule has 0 aliphatic carbocycles. The molecule has 0 aliphatic rings. The molecule has 0 radical (unpaired) electrons. The highest BCUT2D eigenvalue weighted by Gasteiger charge is 1.88. The molecular formula is C23H34O2. The lowest BCUT2D eigenvalue weighted by atomic mass is 10.1. The maximum absolute atomic E-state index is 10.8. The van der Waals surface area contributed by atoms with Gasteiger partial charge in [-0.2, -0.15) is 0 Å². The molecular weight excluding hydrogens is 308 g/mol. The van der Waals surface area contributed by atoms with Gasteiger partial charge in [0, 0.05) is 6.08 Å². The van der Waals surface area contributed by atoms with Crippen molar-refractivity contribution in [3.63, 3.8) is 0 Å². The molecule has 0 bridgehead atoms. The fourth-order valence-corrected chi connectivity index (χ4v) is 2.11. The second kappa shape index (κ2) is 20.0. The third-order valence-corrected chi connectivity index (χ3v) is 3.54. The number of rotatable bonds is 14. The molecule has 0 atom stereocenters. The monoisotopic (exact) mass is 342 g/mol. The molecule has 0 aromatic heterocycles. The van der Waals surface area contributed by atoms with Crippen molar-refractivity contribution in [2.45, 2.75) is 58.3 Å². The number of allylic oxidation sites excluding steroid dienone is 11. The Balaban J connectivity index is 3.61. The van der Waals surface area contributed by atoms with Crippen molar-refractivity contribution < 1.29 is 9.53 Å². The van der Waals surface area contributed by atoms with Gasteiger partial charge in [0.2, 0.25) is 0 Å². The Labute approximate surface area is 154 Å². The van der Waals surface area contributed by atoms with Gasteiger partial charge in [0.15, 0.2) is 0 Å². The average Bonchev–Trinajstić information content (AvgIpc) is 2.63. The number of unbranched alkanes of at least 4 members (excludes halogenated alkanes) is 7. The number of hydrogen-bond donors (Lipinski definition) is 0. The molecule has 0 spiro atoms. The van der Waals surface area contributed by atoms with Crippen molar-refractivity contribution in [1.82, 2.24) is 0 Å². The first-order chi connectivity index (χ1) is 12.3. The summed E-state index contributed by atoms with van der Waals surface area (Å²) >= 11 is 0. The fourth-order valence-electron chi connectivity index (χ4n) is 2.11. The van der Waals surface area contributed by atoms with Gasteiger partial charge in [-0.1, -0.05) is 112 Å². The second-order valence-corrected chi connectivity index (χ2v) is 5.76. The molecule has 138 valence electrons. The zero-order valence-corrected chi connectivity index (χ0v) is 15.9. The van der Waals surface area contributed by atoms with Crippen LogP contribution in [0.3, 0.4) is 0 Å². The van der Waals surface area contributed by atoms with Crippen molar-refractivity contribution in [1.29, 1.82) is 0 Å². The Morgan fingerprint density at radius 1 is 0.680 bits per heavy atom. The summed E-state index contributed by atoms with van der Waals surface area (Å²) in [5, 5.41) is 0. The van der Waals surface area contributed by atoms with Crippen molar-refractivity contribution in [3.05, 3.63) is 72.9 Å². The lowest BCUT2D eigenvalue weighted by Crippen LogP contribution is -1.92. The molecule has 0 N–H and O–H groups in total. The van der Waals surface area contributed by atoms with Gasteiger partial charge < -0.3 is 4.74 Å². The van der Waals surface area contributed by atoms with Gasteiger partial charge in [0.05, 0.1) is 7.11 Å². The summed E-state index contributed by atoms with van der Waals surface area (Å²) in [5.74, 6) is -0.348. The quantitative estimate of drug-likeness (QED) is 0.153. The van der Waals surface area contributed by atoms with E-state index in [1.165, 1.54) is 64.6 Å². The van der Waals surface area contributed by atoms with E-state index in [1.54, 1.807) is 12.2 Å². The molecule has 0 saturated carbocycles. The minimum Gasteiger partial charge on any atom is -0.466 e. The van der Waals surface area contributed by atoms with E-state index in [-0.39, 0.29) is 5.97 Å². The second-order valence-electron chi connectivity index (χ2n) is 5.76. The predicted molar refractivity (Wildman–Crippen MR) is 109 cm³/mol. The number of methoxy groups -OCH3 is 1. The minimum absolute atomic E-state index is 0.348. The SMILES string of the molecule is CCCCCCCCCC=CC=CC=C/C=C/C=C\C=C\C(=O)OC. The van der Waals surface area contributed by atoms with Gasteiger partial charge in [-0.25, -0.2) is 4.79 Å². The van der Waals surface area contributed by atoms with Crippen LogP contribution in [0, 0.1) is 0 Å². The van der Waals surface area contributed by atoms with Crippen molar-refractivity contribution in [2.24, 2.45) is 0 Å². The third-order valence-electron chi connectivity index (χ3n) is 3.54. The summed E-state index contributed by atoms with van der Waals surface area (Å²) in [4.78, 5) is 10.8. The zero-order valence-electron chi connectivity index (χ0n) is 15.9. The van der Waals surface area contributed by atoms with Gasteiger partial charge in [0.25, 0.3) is 0 Å². The lowest BCUT2D eigenvalue weighted by molar-refractivity contribution is -0.134. The normalized spacial score (nSPS) is 12.9. The van der Waals surface area contributed by atoms with E-state index in [9.17, 15) is 4.79 Å². The molecule has 0 saturated heterocycles. The maximum Gasteiger partial charge on any atom is 0.330 e. The van der Waals surface area contributed by atoms with Gasteiger partial charge in [0.1, 0.15) is 0 Å². The molecule has 25 heavy (non-hydrogen) atoms. The first kappa shape index (κ1) is 22.9. The van der Waals surface area contributed by atoms with E-state index in [1.807, 2.05) is 36.5 Å². The van der Waals surface area contributed by atoms with Gasteiger partial charge in [-0.15, -0.1) is 0 Å². The molecule has 0 heterocycles. The van der Waals surface area contributed by atoms with Gasteiger partial charge >= 0.3 is 5.97 Å². The third kappa shape index (κ3) is 19.9. The molecule has 0 amide bonds. The minimum atomic E-state index is -0.348. The smallest absolute Gasteiger partial charge is 0.330 e. The standard InChI is InChI=1S/C23H34O2/c1-3-4-5-6-7-8-9-10-11-12-13-14-15-16-17-18-19-20-21-22-23(24)25-2/h11-22H,3-10H2,1-2H3/b12-11?,14-13?,16-15?,18-17+,20-19-,22-21+. The van der Waals surface area contributed by atoms with E-state index in [0.717, 1.165) is 0 Å². The highest BCUT2D eigenvalue weighted by molar-refractivity contribution is 5.82. The van der Waals surface area contributed by atoms with E-state index in [0.29, 0.717) is 0 Å². The topological polar surface area (TPSA) is 26.3 Å². The Kier molecular flexibility index (Phi) is 18.3. The van der Waals surface area contributed by atoms with Crippen LogP contribution < -0.4 is 0 Å². The summed E-state index contributed by atoms with van der Waals surface area (Å²) in [7, 11) is 1.36. The summed E-state index contributed by atoms with van der Waals surface area (Å²) in [5.41, 5.74) is 0. The molecule has 2 heteroatoms. The highest BCUT2D eigenvalue weighted by atomic mass is 16.5. The van der Waals surface area contributed by atoms with Crippen LogP contribution in [-0.4, -0.2) is 13.1 Å². The molecule has 0 unspecified atom stereocenters. The first-order valence-corrected chi connectivity index (χ1v) is 9.39. The fraction of sp³-hybridized carbons (Fsp3) is 0.435. The number of esters is 1. The van der Waals surface area contributed by atoms with Crippen LogP contribution in [0.1, 0.15) is 58.3 Å². The Morgan fingerprint density at radius 3 is 1.72 bits per heavy atom. The number of hydrogen-bond acceptors (Lipinski definition) is 2. The van der Waals surface area contributed by atoms with Crippen LogP contribution in [-0.2, 0) is 9.53 Å². The van der Waals surface area contributed by atoms with Crippen molar-refractivity contribution in [2.75, 3.05) is 7.11 Å². The van der Waals surface area contributed by atoms with E-state index < -0.39 is 0 Å². The van der Waals surface area contributed by atoms with E-state index in [2.05, 4.69) is 29.9 Å². The highest BCUT2D eigenvalue weighted by Crippen LogP contribution is 2.08. The largest absolute Gasteiger partial charge is 0.466 e. The summed E-state index contributed by atoms with van der Waals surface area (Å²) in [6.07, 6.45) is 33.6. The molecule has 2 nitrogen and oxygen atoms in total. The van der Waals surface area contributed by atoms with Crippen LogP contribution in [0.4, 0.5) is 0 Å². The number of ether oxygens (including phenoxy) is 1. The lowest BCUT2D eigenvalue weighted by Gasteiger charge is -1.98. The molecule has 0 fully saturated rings. The summed E-state index contributed by atoms with van der Waals surface area (Å²) in [6, 6.07) is 0. The van der Waals surface area contributed by atoms with Crippen LogP contribution >= 0.6 is 0 Å². The first-order valence-electron chi connectivity index (χ1n) is 9.39. The number of carbonyl (C=O) groups excluding carboxylic acids is 1. The van der Waals surface area contributed by atoms with Crippen molar-refractivity contribution >= 4 is 5.97 Å². The van der Waals surface area contributed by atoms with Crippen LogP contribution in [0.25, 0.3) is 0 Å².